The van der Waals surface area contributed by atoms with E-state index in [1.54, 1.807) is 0 Å². The first-order valence-corrected chi connectivity index (χ1v) is 6.31. The molecule has 1 aromatic rings. The molecule has 0 radical (unpaired) electrons. The number of hydrogen-bond donors (Lipinski definition) is 1. The van der Waals surface area contributed by atoms with Crippen LogP contribution in [0.2, 0.25) is 0 Å². The van der Waals surface area contributed by atoms with Crippen LogP contribution in [0.4, 0.5) is 0 Å². The van der Waals surface area contributed by atoms with Crippen molar-refractivity contribution in [1.29, 1.82) is 0 Å². The van der Waals surface area contributed by atoms with Crippen LogP contribution in [0.25, 0.3) is 0 Å². The molecule has 0 aromatic carbocycles. The van der Waals surface area contributed by atoms with Crippen molar-refractivity contribution < 1.29 is 0 Å². The molecule has 0 aliphatic carbocycles. The summed E-state index contributed by atoms with van der Waals surface area (Å²) in [5.74, 6) is 2.04. The van der Waals surface area contributed by atoms with E-state index < -0.39 is 0 Å². The maximum Gasteiger partial charge on any atom is 0.150 e. The minimum atomic E-state index is 0.350. The first-order chi connectivity index (χ1) is 7.63. The van der Waals surface area contributed by atoms with Crippen LogP contribution in [0, 0.1) is 0 Å². The third-order valence-electron chi connectivity index (χ3n) is 3.01. The number of nitrogens with zero attached hydrogens (tertiary/aromatic N) is 3. The fourth-order valence-electron chi connectivity index (χ4n) is 1.83. The summed E-state index contributed by atoms with van der Waals surface area (Å²) >= 11 is 0. The summed E-state index contributed by atoms with van der Waals surface area (Å²) in [5, 5.41) is 8.00. The third kappa shape index (κ3) is 2.82. The monoisotopic (exact) mass is 224 g/mol. The van der Waals surface area contributed by atoms with Gasteiger partial charge in [0.1, 0.15) is 5.82 Å². The standard InChI is InChI=1S/C12H24N4/c1-6-11-14-12(7-2)16(15-11)10(5)9(4)13-8-3/h9-10,13H,6-8H2,1-5H3. The van der Waals surface area contributed by atoms with Crippen LogP contribution in [0.15, 0.2) is 0 Å². The van der Waals surface area contributed by atoms with Crippen LogP contribution in [0.5, 0.6) is 0 Å². The molecule has 16 heavy (non-hydrogen) atoms. The number of nitrogens with one attached hydrogen (secondary N) is 1. The van der Waals surface area contributed by atoms with Crippen LogP contribution in [-0.4, -0.2) is 27.4 Å². The molecule has 0 saturated heterocycles. The number of aryl methyl sites for hydroxylation is 2. The second kappa shape index (κ2) is 5.99. The van der Waals surface area contributed by atoms with Gasteiger partial charge in [-0.15, -0.1) is 0 Å². The highest BCUT2D eigenvalue weighted by atomic mass is 15.4. The fourth-order valence-corrected chi connectivity index (χ4v) is 1.83. The molecule has 1 aromatic heterocycles. The maximum atomic E-state index is 4.57. The lowest BCUT2D eigenvalue weighted by atomic mass is 10.1. The van der Waals surface area contributed by atoms with Crippen LogP contribution in [0.1, 0.15) is 52.3 Å². The van der Waals surface area contributed by atoms with E-state index in [4.69, 9.17) is 0 Å². The fraction of sp³-hybridized carbons (Fsp3) is 0.833. The lowest BCUT2D eigenvalue weighted by Crippen LogP contribution is -2.34. The molecule has 1 rings (SSSR count). The van der Waals surface area contributed by atoms with Gasteiger partial charge in [0.05, 0.1) is 6.04 Å². The molecule has 92 valence electrons. The van der Waals surface area contributed by atoms with Crippen LogP contribution in [-0.2, 0) is 12.8 Å². The molecule has 0 saturated carbocycles. The highest BCUT2D eigenvalue weighted by molar-refractivity contribution is 4.95. The molecule has 2 atom stereocenters. The number of likely N-dealkylation sites (N-methyl/N-ethyl adjacent to an activating group) is 1. The Kier molecular flexibility index (Phi) is 4.93. The molecule has 0 spiro atoms. The normalized spacial score (nSPS) is 15.1. The summed E-state index contributed by atoms with van der Waals surface area (Å²) in [6.07, 6.45) is 1.85. The molecule has 0 fully saturated rings. The quantitative estimate of drug-likeness (QED) is 0.803. The van der Waals surface area contributed by atoms with E-state index in [2.05, 4.69) is 54.7 Å². The third-order valence-corrected chi connectivity index (χ3v) is 3.01. The van der Waals surface area contributed by atoms with Gasteiger partial charge in [0, 0.05) is 18.9 Å². The molecule has 1 heterocycles. The molecule has 1 N–H and O–H groups in total. The van der Waals surface area contributed by atoms with Gasteiger partial charge in [0.2, 0.25) is 0 Å². The highest BCUT2D eigenvalue weighted by Gasteiger charge is 2.18. The van der Waals surface area contributed by atoms with Crippen molar-refractivity contribution in [1.82, 2.24) is 20.1 Å². The molecule has 4 nitrogen and oxygen atoms in total. The van der Waals surface area contributed by atoms with Crippen molar-refractivity contribution >= 4 is 0 Å². The van der Waals surface area contributed by atoms with Crippen LogP contribution < -0.4 is 5.32 Å². The van der Waals surface area contributed by atoms with Crippen molar-refractivity contribution in [2.24, 2.45) is 0 Å². The molecular formula is C12H24N4. The Morgan fingerprint density at radius 2 is 1.88 bits per heavy atom. The molecule has 0 amide bonds. The first kappa shape index (κ1) is 13.2. The predicted octanol–water partition coefficient (Wildman–Crippen LogP) is 1.96. The summed E-state index contributed by atoms with van der Waals surface area (Å²) in [6.45, 7) is 11.7. The Labute approximate surface area is 98.5 Å². The van der Waals surface area contributed by atoms with Crippen LogP contribution >= 0.6 is 0 Å². The molecule has 0 aliphatic rings. The van der Waals surface area contributed by atoms with E-state index >= 15 is 0 Å². The Balaban J connectivity index is 2.88. The summed E-state index contributed by atoms with van der Waals surface area (Å²) < 4.78 is 2.08. The topological polar surface area (TPSA) is 42.7 Å². The van der Waals surface area contributed by atoms with E-state index in [-0.39, 0.29) is 0 Å². The zero-order chi connectivity index (χ0) is 12.1. The summed E-state index contributed by atoms with van der Waals surface area (Å²) in [4.78, 5) is 4.53. The minimum absolute atomic E-state index is 0.350. The van der Waals surface area contributed by atoms with Crippen molar-refractivity contribution in [3.05, 3.63) is 11.6 Å². The van der Waals surface area contributed by atoms with Crippen molar-refractivity contribution in [2.75, 3.05) is 6.54 Å². The SMILES string of the molecule is CCNC(C)C(C)n1nc(CC)nc1CC. The van der Waals surface area contributed by atoms with E-state index in [1.807, 2.05) is 0 Å². The highest BCUT2D eigenvalue weighted by Crippen LogP contribution is 2.13. The average molecular weight is 224 g/mol. The van der Waals surface area contributed by atoms with Gasteiger partial charge in [-0.25, -0.2) is 9.67 Å². The zero-order valence-corrected chi connectivity index (χ0v) is 11.1. The maximum absolute atomic E-state index is 4.57. The van der Waals surface area contributed by atoms with E-state index in [0.29, 0.717) is 12.1 Å². The molecule has 2 unspecified atom stereocenters. The van der Waals surface area contributed by atoms with Gasteiger partial charge in [-0.1, -0.05) is 20.8 Å². The molecule has 4 heteroatoms. The lowest BCUT2D eigenvalue weighted by molar-refractivity contribution is 0.361. The Morgan fingerprint density at radius 1 is 1.19 bits per heavy atom. The Morgan fingerprint density at radius 3 is 2.38 bits per heavy atom. The van der Waals surface area contributed by atoms with Gasteiger partial charge in [0.25, 0.3) is 0 Å². The second-order valence-electron chi connectivity index (χ2n) is 4.18. The van der Waals surface area contributed by atoms with E-state index in [9.17, 15) is 0 Å². The first-order valence-electron chi connectivity index (χ1n) is 6.31. The number of aromatic nitrogens is 3. The van der Waals surface area contributed by atoms with Gasteiger partial charge < -0.3 is 5.32 Å². The zero-order valence-electron chi connectivity index (χ0n) is 11.1. The summed E-state index contributed by atoms with van der Waals surface area (Å²) in [5.41, 5.74) is 0. The Bertz CT molecular complexity index is 319. The number of hydrogen-bond acceptors (Lipinski definition) is 3. The van der Waals surface area contributed by atoms with E-state index in [0.717, 1.165) is 31.0 Å². The largest absolute Gasteiger partial charge is 0.312 e. The molecular weight excluding hydrogens is 200 g/mol. The predicted molar refractivity (Wildman–Crippen MR) is 66.6 cm³/mol. The second-order valence-corrected chi connectivity index (χ2v) is 4.18. The van der Waals surface area contributed by atoms with E-state index in [1.165, 1.54) is 0 Å². The molecule has 0 bridgehead atoms. The molecule has 0 aliphatic heterocycles. The summed E-state index contributed by atoms with van der Waals surface area (Å²) in [6, 6.07) is 0.768. The smallest absolute Gasteiger partial charge is 0.150 e. The minimum Gasteiger partial charge on any atom is -0.312 e. The van der Waals surface area contributed by atoms with Gasteiger partial charge in [0.15, 0.2) is 5.82 Å². The average Bonchev–Trinajstić information content (AvgIpc) is 2.71. The van der Waals surface area contributed by atoms with Crippen LogP contribution in [0.3, 0.4) is 0 Å². The number of rotatable bonds is 6. The van der Waals surface area contributed by atoms with Crippen molar-refractivity contribution in [3.63, 3.8) is 0 Å². The van der Waals surface area contributed by atoms with Gasteiger partial charge in [-0.2, -0.15) is 5.10 Å². The van der Waals surface area contributed by atoms with Gasteiger partial charge in [-0.3, -0.25) is 0 Å². The van der Waals surface area contributed by atoms with Crippen molar-refractivity contribution in [2.45, 2.75) is 59.5 Å². The lowest BCUT2D eigenvalue weighted by Gasteiger charge is -2.22. The van der Waals surface area contributed by atoms with Crippen molar-refractivity contribution in [3.8, 4) is 0 Å². The Hall–Kier alpha value is -0.900. The summed E-state index contributed by atoms with van der Waals surface area (Å²) in [7, 11) is 0. The van der Waals surface area contributed by atoms with Gasteiger partial charge >= 0.3 is 0 Å². The van der Waals surface area contributed by atoms with Gasteiger partial charge in [-0.05, 0) is 20.4 Å².